The molecule has 1 aliphatic rings. The van der Waals surface area contributed by atoms with Crippen LogP contribution in [0.15, 0.2) is 23.1 Å². The topological polar surface area (TPSA) is 12.0 Å². The molecule has 0 radical (unpaired) electrons. The van der Waals surface area contributed by atoms with Gasteiger partial charge in [-0.15, -0.1) is 11.8 Å². The number of benzene rings is 1. The second kappa shape index (κ2) is 7.04. The number of nitrogens with one attached hydrogen (secondary N) is 1. The minimum Gasteiger partial charge on any atom is -0.313 e. The zero-order valence-corrected chi connectivity index (χ0v) is 12.9. The first-order valence-corrected chi connectivity index (χ1v) is 8.19. The predicted molar refractivity (Wildman–Crippen MR) is 82.0 cm³/mol. The summed E-state index contributed by atoms with van der Waals surface area (Å²) in [5.74, 6) is 0. The zero-order valence-electron chi connectivity index (χ0n) is 10.6. The molecule has 1 saturated carbocycles. The van der Waals surface area contributed by atoms with E-state index in [4.69, 9.17) is 23.2 Å². The van der Waals surface area contributed by atoms with Crippen molar-refractivity contribution in [1.82, 2.24) is 5.32 Å². The van der Waals surface area contributed by atoms with Crippen LogP contribution in [0.25, 0.3) is 0 Å². The van der Waals surface area contributed by atoms with Gasteiger partial charge in [0.2, 0.25) is 0 Å². The van der Waals surface area contributed by atoms with Gasteiger partial charge in [-0.1, -0.05) is 36.5 Å². The van der Waals surface area contributed by atoms with Gasteiger partial charge in [0.1, 0.15) is 0 Å². The van der Waals surface area contributed by atoms with E-state index >= 15 is 0 Å². The summed E-state index contributed by atoms with van der Waals surface area (Å²) >= 11 is 13.9. The summed E-state index contributed by atoms with van der Waals surface area (Å²) in [5.41, 5.74) is 0. The van der Waals surface area contributed by atoms with Crippen molar-refractivity contribution in [2.75, 3.05) is 6.54 Å². The Morgan fingerprint density at radius 3 is 2.83 bits per heavy atom. The first-order valence-electron chi connectivity index (χ1n) is 6.55. The van der Waals surface area contributed by atoms with Crippen LogP contribution >= 0.6 is 35.0 Å². The maximum atomic E-state index is 6.06. The van der Waals surface area contributed by atoms with Gasteiger partial charge in [-0.3, -0.25) is 0 Å². The maximum Gasteiger partial charge on any atom is 0.0603 e. The fourth-order valence-corrected chi connectivity index (χ4v) is 4.08. The van der Waals surface area contributed by atoms with E-state index in [1.165, 1.54) is 30.6 Å². The van der Waals surface area contributed by atoms with Gasteiger partial charge >= 0.3 is 0 Å². The summed E-state index contributed by atoms with van der Waals surface area (Å²) in [6.45, 7) is 3.33. The maximum absolute atomic E-state index is 6.06. The minimum atomic E-state index is 0.632. The minimum absolute atomic E-state index is 0.632. The smallest absolute Gasteiger partial charge is 0.0603 e. The average Bonchev–Trinajstić information content (AvgIpc) is 2.79. The number of thioether (sulfide) groups is 1. The number of hydrogen-bond donors (Lipinski definition) is 1. The van der Waals surface area contributed by atoms with E-state index in [-0.39, 0.29) is 0 Å². The largest absolute Gasteiger partial charge is 0.313 e. The second-order valence-corrected chi connectivity index (χ2v) is 6.85. The summed E-state index contributed by atoms with van der Waals surface area (Å²) < 4.78 is 0. The van der Waals surface area contributed by atoms with Crippen LogP contribution in [0, 0.1) is 0 Å². The van der Waals surface area contributed by atoms with Crippen LogP contribution in [0.2, 0.25) is 10.0 Å². The van der Waals surface area contributed by atoms with Crippen LogP contribution in [0.4, 0.5) is 0 Å². The highest BCUT2D eigenvalue weighted by Crippen LogP contribution is 2.37. The van der Waals surface area contributed by atoms with E-state index < -0.39 is 0 Å². The Morgan fingerprint density at radius 2 is 2.11 bits per heavy atom. The van der Waals surface area contributed by atoms with Gasteiger partial charge in [0.15, 0.2) is 0 Å². The fourth-order valence-electron chi connectivity index (χ4n) is 2.36. The quantitative estimate of drug-likeness (QED) is 0.821. The number of rotatable bonds is 5. The summed E-state index contributed by atoms with van der Waals surface area (Å²) in [4.78, 5) is 1.22. The summed E-state index contributed by atoms with van der Waals surface area (Å²) in [6.07, 6.45) is 5.09. The Labute approximate surface area is 124 Å². The third kappa shape index (κ3) is 3.80. The van der Waals surface area contributed by atoms with Crippen LogP contribution in [0.5, 0.6) is 0 Å². The molecule has 0 heterocycles. The summed E-state index contributed by atoms with van der Waals surface area (Å²) in [6, 6.07) is 6.57. The van der Waals surface area contributed by atoms with Gasteiger partial charge in [0, 0.05) is 16.2 Å². The summed E-state index contributed by atoms with van der Waals surface area (Å²) in [5, 5.41) is 5.59. The molecule has 2 atom stereocenters. The van der Waals surface area contributed by atoms with E-state index in [9.17, 15) is 0 Å². The molecule has 4 heteroatoms. The Kier molecular flexibility index (Phi) is 5.68. The lowest BCUT2D eigenvalue weighted by Crippen LogP contribution is -2.34. The van der Waals surface area contributed by atoms with Gasteiger partial charge in [0.25, 0.3) is 0 Å². The van der Waals surface area contributed by atoms with Gasteiger partial charge in [-0.05, 0) is 44.0 Å². The first kappa shape index (κ1) is 14.5. The van der Waals surface area contributed by atoms with Crippen molar-refractivity contribution >= 4 is 35.0 Å². The second-order valence-electron chi connectivity index (χ2n) is 4.72. The molecule has 1 aliphatic carbocycles. The van der Waals surface area contributed by atoms with E-state index in [1.54, 1.807) is 0 Å². The van der Waals surface area contributed by atoms with Crippen molar-refractivity contribution in [1.29, 1.82) is 0 Å². The molecule has 0 aliphatic heterocycles. The highest BCUT2D eigenvalue weighted by atomic mass is 35.5. The van der Waals surface area contributed by atoms with Gasteiger partial charge in [-0.2, -0.15) is 0 Å². The standard InChI is InChI=1S/C14H19Cl2NS/c1-2-8-17-13-4-3-5-14(13)18-10-6-7-11(15)12(16)9-10/h6-7,9,13-14,17H,2-5,8H2,1H3. The molecule has 1 aromatic carbocycles. The molecule has 18 heavy (non-hydrogen) atoms. The normalized spacial score (nSPS) is 23.5. The average molecular weight is 304 g/mol. The molecule has 0 amide bonds. The van der Waals surface area contributed by atoms with Gasteiger partial charge in [-0.25, -0.2) is 0 Å². The molecular formula is C14H19Cl2NS. The van der Waals surface area contributed by atoms with Crippen molar-refractivity contribution in [3.8, 4) is 0 Å². The van der Waals surface area contributed by atoms with Crippen molar-refractivity contribution in [3.05, 3.63) is 28.2 Å². The van der Waals surface area contributed by atoms with Crippen molar-refractivity contribution in [2.45, 2.75) is 48.8 Å². The lowest BCUT2D eigenvalue weighted by Gasteiger charge is -2.20. The molecule has 2 rings (SSSR count). The molecule has 1 nitrogen and oxygen atoms in total. The van der Waals surface area contributed by atoms with Crippen LogP contribution < -0.4 is 5.32 Å². The Balaban J connectivity index is 1.96. The van der Waals surface area contributed by atoms with Crippen LogP contribution in [-0.4, -0.2) is 17.8 Å². The summed E-state index contributed by atoms with van der Waals surface area (Å²) in [7, 11) is 0. The number of halogens is 2. The Hall–Kier alpha value is 0.110. The van der Waals surface area contributed by atoms with Gasteiger partial charge < -0.3 is 5.32 Å². The van der Waals surface area contributed by atoms with E-state index in [2.05, 4.69) is 18.3 Å². The molecule has 2 unspecified atom stereocenters. The monoisotopic (exact) mass is 303 g/mol. The number of hydrogen-bond acceptors (Lipinski definition) is 2. The molecule has 1 aromatic rings. The lowest BCUT2D eigenvalue weighted by atomic mass is 10.2. The molecule has 1 fully saturated rings. The Morgan fingerprint density at radius 1 is 1.28 bits per heavy atom. The molecule has 0 saturated heterocycles. The van der Waals surface area contributed by atoms with Crippen LogP contribution in [-0.2, 0) is 0 Å². The molecule has 1 N–H and O–H groups in total. The van der Waals surface area contributed by atoms with E-state index in [0.717, 1.165) is 6.54 Å². The van der Waals surface area contributed by atoms with Crippen molar-refractivity contribution in [3.63, 3.8) is 0 Å². The fraction of sp³-hybridized carbons (Fsp3) is 0.571. The molecule has 100 valence electrons. The highest BCUT2D eigenvalue weighted by Gasteiger charge is 2.27. The SMILES string of the molecule is CCCNC1CCCC1Sc1ccc(Cl)c(Cl)c1. The van der Waals surface area contributed by atoms with Crippen molar-refractivity contribution in [2.24, 2.45) is 0 Å². The van der Waals surface area contributed by atoms with Crippen LogP contribution in [0.3, 0.4) is 0 Å². The lowest BCUT2D eigenvalue weighted by molar-refractivity contribution is 0.531. The predicted octanol–water partition coefficient (Wildman–Crippen LogP) is 5.01. The first-order chi connectivity index (χ1) is 8.70. The van der Waals surface area contributed by atoms with E-state index in [0.29, 0.717) is 21.3 Å². The molecule has 0 spiro atoms. The molecule has 0 aromatic heterocycles. The van der Waals surface area contributed by atoms with Crippen molar-refractivity contribution < 1.29 is 0 Å². The van der Waals surface area contributed by atoms with Crippen LogP contribution in [0.1, 0.15) is 32.6 Å². The third-order valence-corrected chi connectivity index (χ3v) is 5.42. The Bertz CT molecular complexity index is 397. The molecular weight excluding hydrogens is 285 g/mol. The zero-order chi connectivity index (χ0) is 13.0. The highest BCUT2D eigenvalue weighted by molar-refractivity contribution is 8.00. The van der Waals surface area contributed by atoms with E-state index in [1.807, 2.05) is 23.9 Å². The molecule has 0 bridgehead atoms. The van der Waals surface area contributed by atoms with Gasteiger partial charge in [0.05, 0.1) is 10.0 Å². The third-order valence-electron chi connectivity index (χ3n) is 3.29.